The van der Waals surface area contributed by atoms with E-state index in [1.807, 2.05) is 0 Å². The van der Waals surface area contributed by atoms with Gasteiger partial charge in [0.25, 0.3) is 0 Å². The summed E-state index contributed by atoms with van der Waals surface area (Å²) < 4.78 is 16.2. The largest absolute Gasteiger partial charge is 0.372 e. The summed E-state index contributed by atoms with van der Waals surface area (Å²) in [4.78, 5) is 7.43. The highest BCUT2D eigenvalue weighted by Gasteiger charge is 2.31. The van der Waals surface area contributed by atoms with Crippen LogP contribution < -0.4 is 9.80 Å². The number of ether oxygens (including phenoxy) is 3. The summed E-state index contributed by atoms with van der Waals surface area (Å²) in [5.74, 6) is 0. The monoisotopic (exact) mass is 345 g/mol. The molecule has 0 radical (unpaired) electrons. The van der Waals surface area contributed by atoms with Gasteiger partial charge in [-0.2, -0.15) is 0 Å². The van der Waals surface area contributed by atoms with Crippen molar-refractivity contribution in [2.24, 2.45) is 0 Å². The molecule has 1 aromatic rings. The van der Waals surface area contributed by atoms with Crippen LogP contribution in [-0.2, 0) is 14.2 Å². The van der Waals surface area contributed by atoms with Gasteiger partial charge < -0.3 is 24.0 Å². The van der Waals surface area contributed by atoms with Crippen molar-refractivity contribution in [3.8, 4) is 0 Å². The number of hydrogen-bond donors (Lipinski definition) is 0. The van der Waals surface area contributed by atoms with Crippen molar-refractivity contribution in [1.29, 1.82) is 0 Å². The van der Waals surface area contributed by atoms with Gasteiger partial charge in [-0.05, 0) is 24.3 Å². The molecule has 0 bridgehead atoms. The molecule has 4 aliphatic heterocycles. The second-order valence-electron chi connectivity index (χ2n) is 7.58. The molecule has 4 aliphatic rings. The number of epoxide rings is 3. The lowest BCUT2D eigenvalue weighted by molar-refractivity contribution is 0.230. The zero-order chi connectivity index (χ0) is 16.6. The number of hydrogen-bond acceptors (Lipinski definition) is 6. The van der Waals surface area contributed by atoms with E-state index in [-0.39, 0.29) is 0 Å². The molecule has 0 aromatic heterocycles. The molecule has 4 fully saturated rings. The highest BCUT2D eigenvalue weighted by atomic mass is 16.6. The van der Waals surface area contributed by atoms with Crippen LogP contribution in [0.25, 0.3) is 0 Å². The fourth-order valence-corrected chi connectivity index (χ4v) is 3.65. The lowest BCUT2D eigenvalue weighted by Gasteiger charge is -2.36. The smallest absolute Gasteiger partial charge is 0.0984 e. The second kappa shape index (κ2) is 6.76. The van der Waals surface area contributed by atoms with Crippen LogP contribution in [0.3, 0.4) is 0 Å². The van der Waals surface area contributed by atoms with Gasteiger partial charge in [-0.3, -0.25) is 4.90 Å². The zero-order valence-corrected chi connectivity index (χ0v) is 14.7. The van der Waals surface area contributed by atoms with E-state index >= 15 is 0 Å². The number of benzene rings is 1. The summed E-state index contributed by atoms with van der Waals surface area (Å²) in [5.41, 5.74) is 2.61. The van der Waals surface area contributed by atoms with Gasteiger partial charge in [0.05, 0.1) is 38.1 Å². The molecule has 0 spiro atoms. The second-order valence-corrected chi connectivity index (χ2v) is 7.58. The number of nitrogens with zero attached hydrogens (tertiary/aromatic N) is 3. The molecule has 6 heteroatoms. The molecule has 0 N–H and O–H groups in total. The van der Waals surface area contributed by atoms with Crippen molar-refractivity contribution < 1.29 is 14.2 Å². The van der Waals surface area contributed by atoms with E-state index in [0.29, 0.717) is 18.3 Å². The standard InChI is InChI=1S/C19H27N3O3/c1-3-16(22(10-18-13-24-18)11-19-14-25-19)4-2-15(1)21-7-5-20(6-8-21)9-17-12-23-17/h1-4,17-19H,5-14H2. The Kier molecular flexibility index (Phi) is 4.29. The van der Waals surface area contributed by atoms with Crippen molar-refractivity contribution in [2.75, 3.05) is 75.4 Å². The third-order valence-corrected chi connectivity index (χ3v) is 5.47. The first kappa shape index (κ1) is 15.9. The lowest BCUT2D eigenvalue weighted by Crippen LogP contribution is -2.47. The first-order valence-electron chi connectivity index (χ1n) is 9.50. The first-order chi connectivity index (χ1) is 12.3. The minimum absolute atomic E-state index is 0.405. The Hall–Kier alpha value is -1.34. The van der Waals surface area contributed by atoms with Crippen LogP contribution in [0.5, 0.6) is 0 Å². The van der Waals surface area contributed by atoms with E-state index in [2.05, 4.69) is 39.0 Å². The number of anilines is 2. The lowest BCUT2D eigenvalue weighted by atomic mass is 10.2. The Morgan fingerprint density at radius 2 is 1.36 bits per heavy atom. The molecular weight excluding hydrogens is 318 g/mol. The van der Waals surface area contributed by atoms with E-state index in [0.717, 1.165) is 65.6 Å². The Morgan fingerprint density at radius 3 is 1.88 bits per heavy atom. The number of rotatable bonds is 8. The molecule has 3 unspecified atom stereocenters. The van der Waals surface area contributed by atoms with Gasteiger partial charge >= 0.3 is 0 Å². The third kappa shape index (κ3) is 4.26. The van der Waals surface area contributed by atoms with Crippen LogP contribution in [0.2, 0.25) is 0 Å². The molecule has 0 saturated carbocycles. The normalized spacial score (nSPS) is 31.0. The van der Waals surface area contributed by atoms with Gasteiger partial charge in [0, 0.05) is 57.2 Å². The minimum Gasteiger partial charge on any atom is -0.372 e. The Bertz CT molecular complexity index is 562. The zero-order valence-electron chi connectivity index (χ0n) is 14.7. The summed E-state index contributed by atoms with van der Waals surface area (Å²) in [6, 6.07) is 9.04. The molecule has 3 atom stereocenters. The predicted octanol–water partition coefficient (Wildman–Crippen LogP) is 0.811. The maximum atomic E-state index is 5.42. The van der Waals surface area contributed by atoms with Gasteiger partial charge in [0.1, 0.15) is 0 Å². The highest BCUT2D eigenvalue weighted by molar-refractivity contribution is 5.57. The fraction of sp³-hybridized carbons (Fsp3) is 0.684. The van der Waals surface area contributed by atoms with E-state index in [1.54, 1.807) is 0 Å². The van der Waals surface area contributed by atoms with Crippen LogP contribution in [0.1, 0.15) is 0 Å². The summed E-state index contributed by atoms with van der Waals surface area (Å²) in [7, 11) is 0. The van der Waals surface area contributed by atoms with Gasteiger partial charge in [-0.1, -0.05) is 0 Å². The summed E-state index contributed by atoms with van der Waals surface area (Å²) in [6.07, 6.45) is 1.31. The molecule has 1 aromatic carbocycles. The molecule has 4 heterocycles. The quantitative estimate of drug-likeness (QED) is 0.650. The van der Waals surface area contributed by atoms with E-state index in [1.165, 1.54) is 11.4 Å². The molecular formula is C19H27N3O3. The van der Waals surface area contributed by atoms with E-state index in [9.17, 15) is 0 Å². The van der Waals surface area contributed by atoms with Crippen LogP contribution in [-0.4, -0.2) is 88.8 Å². The van der Waals surface area contributed by atoms with E-state index in [4.69, 9.17) is 14.2 Å². The SMILES string of the molecule is c1cc(N(CC2CO2)CC2CO2)ccc1N1CCN(CC2CO2)CC1. The number of piperazine rings is 1. The third-order valence-electron chi connectivity index (χ3n) is 5.47. The maximum Gasteiger partial charge on any atom is 0.0984 e. The van der Waals surface area contributed by atoms with Crippen molar-refractivity contribution in [1.82, 2.24) is 4.90 Å². The molecule has 6 nitrogen and oxygen atoms in total. The van der Waals surface area contributed by atoms with Crippen molar-refractivity contribution in [3.05, 3.63) is 24.3 Å². The summed E-state index contributed by atoms with van der Waals surface area (Å²) >= 11 is 0. The molecule has 5 rings (SSSR count). The molecule has 0 amide bonds. The van der Waals surface area contributed by atoms with Gasteiger partial charge in [-0.25, -0.2) is 0 Å². The van der Waals surface area contributed by atoms with Gasteiger partial charge in [0.2, 0.25) is 0 Å². The van der Waals surface area contributed by atoms with Crippen molar-refractivity contribution in [2.45, 2.75) is 18.3 Å². The van der Waals surface area contributed by atoms with Crippen molar-refractivity contribution >= 4 is 11.4 Å². The average molecular weight is 345 g/mol. The summed E-state index contributed by atoms with van der Waals surface area (Å²) in [5, 5.41) is 0. The Balaban J connectivity index is 1.18. The molecule has 0 aliphatic carbocycles. The first-order valence-corrected chi connectivity index (χ1v) is 9.50. The van der Waals surface area contributed by atoms with Crippen LogP contribution in [0.15, 0.2) is 24.3 Å². The molecule has 136 valence electrons. The average Bonchev–Trinajstić information content (AvgIpc) is 3.47. The van der Waals surface area contributed by atoms with E-state index < -0.39 is 0 Å². The van der Waals surface area contributed by atoms with Gasteiger partial charge in [0.15, 0.2) is 0 Å². The van der Waals surface area contributed by atoms with Crippen LogP contribution >= 0.6 is 0 Å². The highest BCUT2D eigenvalue weighted by Crippen LogP contribution is 2.26. The fourth-order valence-electron chi connectivity index (χ4n) is 3.65. The Morgan fingerprint density at radius 1 is 0.800 bits per heavy atom. The van der Waals surface area contributed by atoms with Crippen LogP contribution in [0.4, 0.5) is 11.4 Å². The molecule has 4 saturated heterocycles. The minimum atomic E-state index is 0.405. The predicted molar refractivity (Wildman–Crippen MR) is 96.5 cm³/mol. The maximum absolute atomic E-state index is 5.42. The molecule has 25 heavy (non-hydrogen) atoms. The van der Waals surface area contributed by atoms with Crippen molar-refractivity contribution in [3.63, 3.8) is 0 Å². The van der Waals surface area contributed by atoms with Crippen LogP contribution in [0, 0.1) is 0 Å². The Labute approximate surface area is 149 Å². The summed E-state index contributed by atoms with van der Waals surface area (Å²) in [6.45, 7) is 10.3. The van der Waals surface area contributed by atoms with Gasteiger partial charge in [-0.15, -0.1) is 0 Å². The topological polar surface area (TPSA) is 47.3 Å².